The van der Waals surface area contributed by atoms with Gasteiger partial charge in [0, 0.05) is 5.75 Å². The Hall–Kier alpha value is 0.660. The Morgan fingerprint density at radius 3 is 2.64 bits per heavy atom. The van der Waals surface area contributed by atoms with Crippen molar-refractivity contribution < 1.29 is 0 Å². The summed E-state index contributed by atoms with van der Waals surface area (Å²) < 4.78 is 0. The summed E-state index contributed by atoms with van der Waals surface area (Å²) in [6.07, 6.45) is 1.34. The van der Waals surface area contributed by atoms with Crippen LogP contribution in [0.15, 0.2) is 0 Å². The Kier molecular flexibility index (Phi) is 3.12. The second-order valence-electron chi connectivity index (χ2n) is 5.63. The van der Waals surface area contributed by atoms with Crippen LogP contribution in [0.4, 0.5) is 0 Å². The van der Waals surface area contributed by atoms with Crippen molar-refractivity contribution in [3.8, 4) is 0 Å². The molecule has 3 heteroatoms. The lowest BCUT2D eigenvalue weighted by molar-refractivity contribution is 0.283. The lowest BCUT2D eigenvalue weighted by atomic mass is 9.87. The Labute approximate surface area is 96.2 Å². The minimum absolute atomic E-state index is 0.402. The third-order valence-corrected chi connectivity index (χ3v) is 6.60. The fourth-order valence-electron chi connectivity index (χ4n) is 2.35. The van der Waals surface area contributed by atoms with Gasteiger partial charge in [-0.3, -0.25) is 0 Å². The van der Waals surface area contributed by atoms with Gasteiger partial charge in [0.1, 0.15) is 0 Å². The largest absolute Gasteiger partial charge is 0.302 e. The van der Waals surface area contributed by atoms with Crippen LogP contribution in [-0.4, -0.2) is 28.7 Å². The monoisotopic (exact) mass is 231 g/mol. The predicted molar refractivity (Wildman–Crippen MR) is 68.1 cm³/mol. The summed E-state index contributed by atoms with van der Waals surface area (Å²) in [5.74, 6) is 4.81. The van der Waals surface area contributed by atoms with Gasteiger partial charge in [0.25, 0.3) is 0 Å². The molecule has 2 aliphatic heterocycles. The highest BCUT2D eigenvalue weighted by molar-refractivity contribution is 8.04. The number of rotatable bonds is 0. The standard InChI is InChI=1S/C11H21NS2/c1-9-4-12-11(14-5-9)6-10(2,3)7-13-8-11/h9,12H,4-8H2,1-3H3. The molecule has 0 amide bonds. The molecule has 2 aliphatic rings. The molecule has 1 nitrogen and oxygen atoms in total. The first-order valence-electron chi connectivity index (χ1n) is 5.48. The Morgan fingerprint density at radius 2 is 2.07 bits per heavy atom. The van der Waals surface area contributed by atoms with Crippen molar-refractivity contribution in [2.24, 2.45) is 11.3 Å². The zero-order valence-electron chi connectivity index (χ0n) is 9.43. The van der Waals surface area contributed by atoms with E-state index < -0.39 is 0 Å². The van der Waals surface area contributed by atoms with Gasteiger partial charge in [0.15, 0.2) is 0 Å². The normalized spacial score (nSPS) is 42.6. The summed E-state index contributed by atoms with van der Waals surface area (Å²) in [6, 6.07) is 0. The number of thioether (sulfide) groups is 2. The van der Waals surface area contributed by atoms with Crippen LogP contribution >= 0.6 is 23.5 Å². The second kappa shape index (κ2) is 3.91. The molecular weight excluding hydrogens is 210 g/mol. The molecule has 14 heavy (non-hydrogen) atoms. The molecule has 1 N–H and O–H groups in total. The third kappa shape index (κ3) is 2.42. The predicted octanol–water partition coefficient (Wildman–Crippen LogP) is 2.82. The zero-order chi connectivity index (χ0) is 10.2. The van der Waals surface area contributed by atoms with E-state index in [9.17, 15) is 0 Å². The lowest BCUT2D eigenvalue weighted by Crippen LogP contribution is -2.55. The molecule has 0 saturated carbocycles. The van der Waals surface area contributed by atoms with Gasteiger partial charge in [-0.05, 0) is 35.8 Å². The van der Waals surface area contributed by atoms with E-state index in [0.717, 1.165) is 5.92 Å². The van der Waals surface area contributed by atoms with Crippen molar-refractivity contribution in [2.45, 2.75) is 32.1 Å². The zero-order valence-corrected chi connectivity index (χ0v) is 11.1. The summed E-state index contributed by atoms with van der Waals surface area (Å²) in [5.41, 5.74) is 0.517. The number of hydrogen-bond acceptors (Lipinski definition) is 3. The molecule has 2 fully saturated rings. The second-order valence-corrected chi connectivity index (χ2v) is 8.01. The van der Waals surface area contributed by atoms with E-state index in [-0.39, 0.29) is 0 Å². The number of hydrogen-bond donors (Lipinski definition) is 1. The minimum Gasteiger partial charge on any atom is -0.302 e. The van der Waals surface area contributed by atoms with E-state index >= 15 is 0 Å². The van der Waals surface area contributed by atoms with E-state index in [4.69, 9.17) is 0 Å². The van der Waals surface area contributed by atoms with Crippen LogP contribution < -0.4 is 5.32 Å². The smallest absolute Gasteiger partial charge is 0.0742 e. The fraction of sp³-hybridized carbons (Fsp3) is 1.00. The Bertz CT molecular complexity index is 207. The van der Waals surface area contributed by atoms with E-state index in [1.54, 1.807) is 0 Å². The molecule has 2 unspecified atom stereocenters. The van der Waals surface area contributed by atoms with Crippen molar-refractivity contribution in [1.82, 2.24) is 5.32 Å². The van der Waals surface area contributed by atoms with E-state index in [0.29, 0.717) is 10.3 Å². The molecule has 0 aliphatic carbocycles. The average Bonchev–Trinajstić information content (AvgIpc) is 2.09. The van der Waals surface area contributed by atoms with Gasteiger partial charge in [-0.15, -0.1) is 11.8 Å². The summed E-state index contributed by atoms with van der Waals surface area (Å²) in [7, 11) is 0. The Morgan fingerprint density at radius 1 is 1.29 bits per heavy atom. The molecular formula is C11H21NS2. The van der Waals surface area contributed by atoms with Gasteiger partial charge in [-0.25, -0.2) is 0 Å². The van der Waals surface area contributed by atoms with Crippen LogP contribution in [0.3, 0.4) is 0 Å². The van der Waals surface area contributed by atoms with Crippen molar-refractivity contribution in [1.29, 1.82) is 0 Å². The van der Waals surface area contributed by atoms with Gasteiger partial charge in [0.2, 0.25) is 0 Å². The maximum absolute atomic E-state index is 3.78. The highest BCUT2D eigenvalue weighted by atomic mass is 32.2. The summed E-state index contributed by atoms with van der Waals surface area (Å²) in [5, 5.41) is 3.78. The third-order valence-electron chi connectivity index (χ3n) is 3.01. The summed E-state index contributed by atoms with van der Waals surface area (Å²) in [6.45, 7) is 8.36. The average molecular weight is 231 g/mol. The van der Waals surface area contributed by atoms with Crippen molar-refractivity contribution in [2.75, 3.05) is 23.8 Å². The first-order valence-corrected chi connectivity index (χ1v) is 7.62. The fourth-order valence-corrected chi connectivity index (χ4v) is 5.62. The van der Waals surface area contributed by atoms with Crippen molar-refractivity contribution in [3.05, 3.63) is 0 Å². The molecule has 82 valence electrons. The Balaban J connectivity index is 2.01. The number of nitrogens with one attached hydrogen (secondary N) is 1. The van der Waals surface area contributed by atoms with Crippen LogP contribution in [0.2, 0.25) is 0 Å². The molecule has 2 rings (SSSR count). The van der Waals surface area contributed by atoms with E-state index in [2.05, 4.69) is 49.6 Å². The molecule has 0 aromatic heterocycles. The van der Waals surface area contributed by atoms with Gasteiger partial charge in [0.05, 0.1) is 4.87 Å². The molecule has 2 saturated heterocycles. The van der Waals surface area contributed by atoms with Crippen LogP contribution in [0.1, 0.15) is 27.2 Å². The highest BCUT2D eigenvalue weighted by Gasteiger charge is 2.42. The highest BCUT2D eigenvalue weighted by Crippen LogP contribution is 2.46. The van der Waals surface area contributed by atoms with Gasteiger partial charge >= 0.3 is 0 Å². The topological polar surface area (TPSA) is 12.0 Å². The first-order chi connectivity index (χ1) is 6.52. The van der Waals surface area contributed by atoms with Crippen LogP contribution in [0.5, 0.6) is 0 Å². The first kappa shape index (κ1) is 11.2. The van der Waals surface area contributed by atoms with Crippen molar-refractivity contribution in [3.63, 3.8) is 0 Å². The van der Waals surface area contributed by atoms with E-state index in [1.807, 2.05) is 0 Å². The van der Waals surface area contributed by atoms with Gasteiger partial charge in [-0.1, -0.05) is 20.8 Å². The molecule has 0 bridgehead atoms. The maximum atomic E-state index is 3.78. The summed E-state index contributed by atoms with van der Waals surface area (Å²) in [4.78, 5) is 0.402. The molecule has 2 atom stereocenters. The quantitative estimate of drug-likeness (QED) is 0.688. The van der Waals surface area contributed by atoms with Crippen LogP contribution in [0.25, 0.3) is 0 Å². The van der Waals surface area contributed by atoms with Crippen molar-refractivity contribution >= 4 is 23.5 Å². The molecule has 1 spiro atoms. The molecule has 0 aromatic carbocycles. The lowest BCUT2D eigenvalue weighted by Gasteiger charge is -2.47. The van der Waals surface area contributed by atoms with Gasteiger partial charge in [-0.2, -0.15) is 11.8 Å². The molecule has 0 radical (unpaired) electrons. The van der Waals surface area contributed by atoms with Gasteiger partial charge < -0.3 is 5.32 Å². The molecule has 0 aromatic rings. The maximum Gasteiger partial charge on any atom is 0.0742 e. The SMILES string of the molecule is CC1CNC2(CSCC(C)(C)C2)SC1. The van der Waals surface area contributed by atoms with Crippen LogP contribution in [-0.2, 0) is 0 Å². The minimum atomic E-state index is 0.402. The van der Waals surface area contributed by atoms with Crippen LogP contribution in [0, 0.1) is 11.3 Å². The summed E-state index contributed by atoms with van der Waals surface area (Å²) >= 11 is 4.29. The van der Waals surface area contributed by atoms with E-state index in [1.165, 1.54) is 30.2 Å². The molecule has 2 heterocycles.